The van der Waals surface area contributed by atoms with Gasteiger partial charge in [0.2, 0.25) is 11.8 Å². The number of carbonyl (C=O) groups excluding carboxylic acids is 5. The van der Waals surface area contributed by atoms with Gasteiger partial charge in [0.05, 0.1) is 11.1 Å². The van der Waals surface area contributed by atoms with Gasteiger partial charge < -0.3 is 15.8 Å². The van der Waals surface area contributed by atoms with E-state index in [9.17, 15) is 24.0 Å². The molecular formula is C18H21ClN4O6. The highest BCUT2D eigenvalue weighted by Gasteiger charge is 2.44. The minimum atomic E-state index is -1.03. The van der Waals surface area contributed by atoms with Gasteiger partial charge in [0, 0.05) is 13.0 Å². The molecule has 0 aromatic heterocycles. The predicted octanol–water partition coefficient (Wildman–Crippen LogP) is -0.647. The molecule has 1 unspecified atom stereocenters. The Morgan fingerprint density at radius 2 is 1.93 bits per heavy atom. The number of halogens is 1. The van der Waals surface area contributed by atoms with Crippen LogP contribution < -0.4 is 21.1 Å². The Hall–Kier alpha value is -2.98. The Labute approximate surface area is 172 Å². The maximum Gasteiger partial charge on any atom is 0.262 e. The summed E-state index contributed by atoms with van der Waals surface area (Å²) < 4.78 is 5.37. The highest BCUT2D eigenvalue weighted by Crippen LogP contribution is 2.30. The second-order valence-corrected chi connectivity index (χ2v) is 6.44. The smallest absolute Gasteiger partial charge is 0.262 e. The fourth-order valence-electron chi connectivity index (χ4n) is 3.07. The van der Waals surface area contributed by atoms with E-state index in [0.717, 1.165) is 4.90 Å². The van der Waals surface area contributed by atoms with E-state index in [1.54, 1.807) is 0 Å². The summed E-state index contributed by atoms with van der Waals surface area (Å²) in [4.78, 5) is 61.2. The number of hydrogen-bond donors (Lipinski definition) is 3. The monoisotopic (exact) mass is 424 g/mol. The van der Waals surface area contributed by atoms with Crippen LogP contribution >= 0.6 is 12.4 Å². The second-order valence-electron chi connectivity index (χ2n) is 6.44. The van der Waals surface area contributed by atoms with Gasteiger partial charge in [-0.15, -0.1) is 12.4 Å². The highest BCUT2D eigenvalue weighted by atomic mass is 35.5. The van der Waals surface area contributed by atoms with Crippen LogP contribution in [0.3, 0.4) is 0 Å². The number of nitrogens with two attached hydrogens (primary N) is 1. The lowest BCUT2D eigenvalue weighted by atomic mass is 10.0. The van der Waals surface area contributed by atoms with Crippen molar-refractivity contribution in [2.75, 3.05) is 19.7 Å². The summed E-state index contributed by atoms with van der Waals surface area (Å²) in [6.07, 6.45) is 0.789. The molecule has 0 saturated carbocycles. The molecule has 2 aliphatic heterocycles. The molecule has 1 saturated heterocycles. The number of nitrogens with one attached hydrogen (secondary N) is 2. The van der Waals surface area contributed by atoms with E-state index in [-0.39, 0.29) is 54.6 Å². The lowest BCUT2D eigenvalue weighted by molar-refractivity contribution is -0.136. The van der Waals surface area contributed by atoms with Crippen LogP contribution in [0.25, 0.3) is 0 Å². The average molecular weight is 425 g/mol. The fourth-order valence-corrected chi connectivity index (χ4v) is 3.07. The van der Waals surface area contributed by atoms with Crippen LogP contribution in [0.4, 0.5) is 0 Å². The van der Waals surface area contributed by atoms with Crippen molar-refractivity contribution in [2.24, 2.45) is 5.73 Å². The number of piperidine rings is 1. The van der Waals surface area contributed by atoms with Crippen molar-refractivity contribution < 1.29 is 28.7 Å². The fraction of sp³-hybridized carbons (Fsp3) is 0.389. The standard InChI is InChI=1S/C18H20N4O6.ClH/c19-6-1-7-20-15(24)9-28-10-2-3-11-12(8-10)18(27)22(17(11)26)13-4-5-14(23)21-16(13)25;/h2-3,8,13H,1,4-7,9,19H2,(H,20,24)(H,21,23,25);1H. The topological polar surface area (TPSA) is 148 Å². The molecule has 156 valence electrons. The third kappa shape index (κ3) is 4.72. The molecule has 10 nitrogen and oxygen atoms in total. The highest BCUT2D eigenvalue weighted by molar-refractivity contribution is 6.23. The first-order chi connectivity index (χ1) is 13.4. The maximum absolute atomic E-state index is 12.7. The number of hydrogen-bond acceptors (Lipinski definition) is 7. The van der Waals surface area contributed by atoms with Crippen LogP contribution in [-0.4, -0.2) is 60.2 Å². The normalized spacial score (nSPS) is 18.1. The number of carbonyl (C=O) groups is 5. The molecule has 4 N–H and O–H groups in total. The number of imide groups is 2. The van der Waals surface area contributed by atoms with Crippen LogP contribution in [0, 0.1) is 0 Å². The van der Waals surface area contributed by atoms with Crippen molar-refractivity contribution in [1.82, 2.24) is 15.5 Å². The molecule has 1 fully saturated rings. The van der Waals surface area contributed by atoms with Gasteiger partial charge in [0.15, 0.2) is 6.61 Å². The molecule has 0 bridgehead atoms. The molecule has 5 amide bonds. The van der Waals surface area contributed by atoms with E-state index in [0.29, 0.717) is 19.5 Å². The summed E-state index contributed by atoms with van der Waals surface area (Å²) in [5, 5.41) is 4.77. The molecule has 0 radical (unpaired) electrons. The molecule has 2 aliphatic rings. The molecule has 11 heteroatoms. The van der Waals surface area contributed by atoms with Gasteiger partial charge in [-0.2, -0.15) is 0 Å². The minimum absolute atomic E-state index is 0. The number of ether oxygens (including phenoxy) is 1. The zero-order valence-electron chi connectivity index (χ0n) is 15.4. The molecule has 0 aliphatic carbocycles. The van der Waals surface area contributed by atoms with Gasteiger partial charge in [-0.3, -0.25) is 34.2 Å². The third-order valence-electron chi connectivity index (χ3n) is 4.48. The summed E-state index contributed by atoms with van der Waals surface area (Å²) >= 11 is 0. The van der Waals surface area contributed by atoms with Crippen molar-refractivity contribution in [2.45, 2.75) is 25.3 Å². The summed E-state index contributed by atoms with van der Waals surface area (Å²) in [5.74, 6) is -2.41. The Balaban J connectivity index is 0.00000300. The zero-order chi connectivity index (χ0) is 20.3. The van der Waals surface area contributed by atoms with E-state index < -0.39 is 29.7 Å². The van der Waals surface area contributed by atoms with Gasteiger partial charge in [-0.05, 0) is 37.6 Å². The van der Waals surface area contributed by atoms with Crippen molar-refractivity contribution in [1.29, 1.82) is 0 Å². The van der Waals surface area contributed by atoms with Crippen molar-refractivity contribution >= 4 is 41.9 Å². The lowest BCUT2D eigenvalue weighted by Crippen LogP contribution is -2.54. The van der Waals surface area contributed by atoms with Crippen LogP contribution in [0.5, 0.6) is 5.75 Å². The van der Waals surface area contributed by atoms with E-state index in [1.165, 1.54) is 18.2 Å². The first-order valence-corrected chi connectivity index (χ1v) is 8.87. The third-order valence-corrected chi connectivity index (χ3v) is 4.48. The number of rotatable bonds is 7. The number of nitrogens with zero attached hydrogens (tertiary/aromatic N) is 1. The maximum atomic E-state index is 12.7. The molecule has 2 heterocycles. The van der Waals surface area contributed by atoms with Crippen LogP contribution in [0.15, 0.2) is 18.2 Å². The molecule has 3 rings (SSSR count). The quantitative estimate of drug-likeness (QED) is 0.389. The SMILES string of the molecule is Cl.NCCCNC(=O)COc1ccc2c(c1)C(=O)N(C1CCC(=O)NC1=O)C2=O. The van der Waals surface area contributed by atoms with Crippen molar-refractivity contribution in [3.8, 4) is 5.75 Å². The van der Waals surface area contributed by atoms with Crippen LogP contribution in [-0.2, 0) is 14.4 Å². The van der Waals surface area contributed by atoms with Gasteiger partial charge in [-0.25, -0.2) is 0 Å². The molecule has 0 spiro atoms. The van der Waals surface area contributed by atoms with E-state index in [1.807, 2.05) is 0 Å². The minimum Gasteiger partial charge on any atom is -0.484 e. The molecule has 29 heavy (non-hydrogen) atoms. The van der Waals surface area contributed by atoms with Crippen molar-refractivity contribution in [3.05, 3.63) is 29.3 Å². The molecule has 1 aromatic carbocycles. The molecule has 1 atom stereocenters. The van der Waals surface area contributed by atoms with E-state index >= 15 is 0 Å². The summed E-state index contributed by atoms with van der Waals surface area (Å²) in [5.41, 5.74) is 5.59. The van der Waals surface area contributed by atoms with Crippen LogP contribution in [0.2, 0.25) is 0 Å². The van der Waals surface area contributed by atoms with Gasteiger partial charge in [0.25, 0.3) is 17.7 Å². The molecule has 1 aromatic rings. The van der Waals surface area contributed by atoms with E-state index in [2.05, 4.69) is 10.6 Å². The Morgan fingerprint density at radius 3 is 2.62 bits per heavy atom. The molecular weight excluding hydrogens is 404 g/mol. The summed E-state index contributed by atoms with van der Waals surface area (Å²) in [7, 11) is 0. The largest absolute Gasteiger partial charge is 0.484 e. The van der Waals surface area contributed by atoms with Gasteiger partial charge in [-0.1, -0.05) is 0 Å². The Morgan fingerprint density at radius 1 is 1.21 bits per heavy atom. The van der Waals surface area contributed by atoms with Crippen molar-refractivity contribution in [3.63, 3.8) is 0 Å². The van der Waals surface area contributed by atoms with E-state index in [4.69, 9.17) is 10.5 Å². The number of amides is 5. The first-order valence-electron chi connectivity index (χ1n) is 8.87. The number of benzene rings is 1. The Kier molecular flexibility index (Phi) is 7.29. The Bertz CT molecular complexity index is 859. The number of fused-ring (bicyclic) bond motifs is 1. The van der Waals surface area contributed by atoms with Crippen LogP contribution in [0.1, 0.15) is 40.0 Å². The zero-order valence-corrected chi connectivity index (χ0v) is 16.3. The predicted molar refractivity (Wildman–Crippen MR) is 103 cm³/mol. The lowest BCUT2D eigenvalue weighted by Gasteiger charge is -2.27. The first kappa shape index (κ1) is 22.3. The van der Waals surface area contributed by atoms with Gasteiger partial charge >= 0.3 is 0 Å². The second kappa shape index (κ2) is 9.48. The summed E-state index contributed by atoms with van der Waals surface area (Å²) in [6.45, 7) is 0.658. The van der Waals surface area contributed by atoms with Gasteiger partial charge in [0.1, 0.15) is 11.8 Å². The summed E-state index contributed by atoms with van der Waals surface area (Å²) in [6, 6.07) is 3.24. The average Bonchev–Trinajstić information content (AvgIpc) is 2.91.